The van der Waals surface area contributed by atoms with Gasteiger partial charge in [-0.25, -0.2) is 22.7 Å². The number of aromatic nitrogens is 3. The second kappa shape index (κ2) is 6.62. The zero-order valence-corrected chi connectivity index (χ0v) is 14.9. The van der Waals surface area contributed by atoms with Gasteiger partial charge in [0.2, 0.25) is 10.0 Å². The maximum Gasteiger partial charge on any atom is 0.211 e. The second-order valence-corrected chi connectivity index (χ2v) is 9.19. The van der Waals surface area contributed by atoms with Crippen LogP contribution < -0.4 is 0 Å². The highest BCUT2D eigenvalue weighted by molar-refractivity contribution is 7.88. The van der Waals surface area contributed by atoms with Gasteiger partial charge in [-0.15, -0.1) is 11.3 Å². The summed E-state index contributed by atoms with van der Waals surface area (Å²) in [7, 11) is -3.11. The third kappa shape index (κ3) is 4.13. The first-order chi connectivity index (χ1) is 10.9. The molecule has 1 saturated heterocycles. The number of aryl methyl sites for hydroxylation is 1. The topological polar surface area (TPSA) is 76.1 Å². The molecule has 0 radical (unpaired) electrons. The molecule has 2 aromatic heterocycles. The van der Waals surface area contributed by atoms with E-state index in [1.54, 1.807) is 28.0 Å². The maximum absolute atomic E-state index is 11.7. The largest absolute Gasteiger partial charge is 0.261 e. The molecule has 3 rings (SSSR count). The first kappa shape index (κ1) is 16.5. The molecule has 6 nitrogen and oxygen atoms in total. The number of thiazole rings is 1. The van der Waals surface area contributed by atoms with Crippen LogP contribution in [0.1, 0.15) is 23.5 Å². The quantitative estimate of drug-likeness (QED) is 0.842. The van der Waals surface area contributed by atoms with Crippen LogP contribution in [-0.2, 0) is 16.4 Å². The van der Waals surface area contributed by atoms with E-state index in [0.29, 0.717) is 19.0 Å². The average molecular weight is 352 g/mol. The van der Waals surface area contributed by atoms with Crippen LogP contribution in [0.15, 0.2) is 18.6 Å². The number of piperidine rings is 1. The van der Waals surface area contributed by atoms with Gasteiger partial charge in [0.25, 0.3) is 0 Å². The van der Waals surface area contributed by atoms with Crippen LogP contribution in [0.2, 0.25) is 0 Å². The maximum atomic E-state index is 11.7. The Morgan fingerprint density at radius 3 is 2.87 bits per heavy atom. The van der Waals surface area contributed by atoms with Crippen molar-refractivity contribution in [3.8, 4) is 10.6 Å². The summed E-state index contributed by atoms with van der Waals surface area (Å²) in [4.78, 5) is 14.2. The van der Waals surface area contributed by atoms with Crippen LogP contribution in [0.4, 0.5) is 0 Å². The van der Waals surface area contributed by atoms with Gasteiger partial charge >= 0.3 is 0 Å². The van der Waals surface area contributed by atoms with Crippen molar-refractivity contribution >= 4 is 21.4 Å². The van der Waals surface area contributed by atoms with Gasteiger partial charge in [-0.05, 0) is 32.1 Å². The van der Waals surface area contributed by atoms with Crippen molar-refractivity contribution in [2.24, 2.45) is 5.92 Å². The van der Waals surface area contributed by atoms with Crippen LogP contribution in [0.25, 0.3) is 10.6 Å². The van der Waals surface area contributed by atoms with Gasteiger partial charge in [0.1, 0.15) is 5.69 Å². The molecule has 0 aromatic carbocycles. The van der Waals surface area contributed by atoms with E-state index in [9.17, 15) is 8.42 Å². The Morgan fingerprint density at radius 1 is 1.35 bits per heavy atom. The highest BCUT2D eigenvalue weighted by atomic mass is 32.2. The summed E-state index contributed by atoms with van der Waals surface area (Å²) in [5.41, 5.74) is 1.75. The third-order valence-corrected chi connectivity index (χ3v) is 6.21. The molecule has 0 aliphatic carbocycles. The van der Waals surface area contributed by atoms with E-state index in [1.165, 1.54) is 6.26 Å². The van der Waals surface area contributed by atoms with Crippen molar-refractivity contribution < 1.29 is 8.42 Å². The predicted molar refractivity (Wildman–Crippen MR) is 90.7 cm³/mol. The van der Waals surface area contributed by atoms with Crippen molar-refractivity contribution in [1.82, 2.24) is 19.3 Å². The van der Waals surface area contributed by atoms with E-state index in [1.807, 2.05) is 13.1 Å². The Labute approximate surface area is 140 Å². The normalized spacial score (nSPS) is 19.8. The van der Waals surface area contributed by atoms with E-state index < -0.39 is 10.0 Å². The van der Waals surface area contributed by atoms with E-state index >= 15 is 0 Å². The zero-order chi connectivity index (χ0) is 16.4. The molecule has 124 valence electrons. The fourth-order valence-electron chi connectivity index (χ4n) is 2.89. The standard InChI is InChI=1S/C15H20N4O2S2/c1-11-17-9-15(22-11)14-8-16-7-13(18-14)6-12-4-3-5-19(10-12)23(2,20)21/h7-9,12H,3-6,10H2,1-2H3. The lowest BCUT2D eigenvalue weighted by molar-refractivity contribution is 0.265. The summed E-state index contributed by atoms with van der Waals surface area (Å²) in [6, 6.07) is 0. The molecule has 0 amide bonds. The van der Waals surface area contributed by atoms with Gasteiger partial charge in [0.15, 0.2) is 0 Å². The molecule has 0 N–H and O–H groups in total. The minimum atomic E-state index is -3.11. The molecule has 0 saturated carbocycles. The highest BCUT2D eigenvalue weighted by Crippen LogP contribution is 2.25. The Balaban J connectivity index is 1.73. The van der Waals surface area contributed by atoms with E-state index in [0.717, 1.165) is 40.5 Å². The van der Waals surface area contributed by atoms with Crippen LogP contribution in [0.3, 0.4) is 0 Å². The number of sulfonamides is 1. The van der Waals surface area contributed by atoms with Crippen LogP contribution >= 0.6 is 11.3 Å². The monoisotopic (exact) mass is 352 g/mol. The fourth-order valence-corrected chi connectivity index (χ4v) is 4.57. The molecule has 0 bridgehead atoms. The molecule has 1 unspecified atom stereocenters. The smallest absolute Gasteiger partial charge is 0.211 e. The number of nitrogens with zero attached hydrogens (tertiary/aromatic N) is 4. The van der Waals surface area contributed by atoms with E-state index in [-0.39, 0.29) is 0 Å². The van der Waals surface area contributed by atoms with Crippen LogP contribution in [0.5, 0.6) is 0 Å². The highest BCUT2D eigenvalue weighted by Gasteiger charge is 2.26. The third-order valence-electron chi connectivity index (χ3n) is 4.01. The number of hydrogen-bond acceptors (Lipinski definition) is 6. The minimum absolute atomic E-state index is 0.297. The Morgan fingerprint density at radius 2 is 2.17 bits per heavy atom. The number of rotatable bonds is 4. The fraction of sp³-hybridized carbons (Fsp3) is 0.533. The Kier molecular flexibility index (Phi) is 4.74. The van der Waals surface area contributed by atoms with Crippen molar-refractivity contribution in [3.63, 3.8) is 0 Å². The second-order valence-electron chi connectivity index (χ2n) is 5.97. The van der Waals surface area contributed by atoms with Gasteiger partial charge < -0.3 is 0 Å². The van der Waals surface area contributed by atoms with Gasteiger partial charge in [0.05, 0.1) is 28.0 Å². The van der Waals surface area contributed by atoms with Gasteiger partial charge in [-0.2, -0.15) is 0 Å². The number of hydrogen-bond donors (Lipinski definition) is 0. The molecule has 1 fully saturated rings. The van der Waals surface area contributed by atoms with Gasteiger partial charge in [-0.3, -0.25) is 4.98 Å². The first-order valence-corrected chi connectivity index (χ1v) is 10.3. The van der Waals surface area contributed by atoms with Crippen molar-refractivity contribution in [1.29, 1.82) is 0 Å². The summed E-state index contributed by atoms with van der Waals surface area (Å²) in [6.07, 6.45) is 9.31. The lowest BCUT2D eigenvalue weighted by Gasteiger charge is -2.30. The molecule has 3 heterocycles. The summed E-state index contributed by atoms with van der Waals surface area (Å²) in [5, 5.41) is 1.00. The Bertz CT molecular complexity index is 788. The summed E-state index contributed by atoms with van der Waals surface area (Å²) in [5.74, 6) is 0.297. The molecule has 1 aliphatic rings. The average Bonchev–Trinajstić information content (AvgIpc) is 2.94. The predicted octanol–water partition coefficient (Wildman–Crippen LogP) is 2.12. The molecule has 23 heavy (non-hydrogen) atoms. The van der Waals surface area contributed by atoms with E-state index in [4.69, 9.17) is 0 Å². The summed E-state index contributed by atoms with van der Waals surface area (Å²) < 4.78 is 25.0. The molecule has 8 heteroatoms. The molecular formula is C15H20N4O2S2. The summed E-state index contributed by atoms with van der Waals surface area (Å²) >= 11 is 1.60. The molecule has 0 spiro atoms. The van der Waals surface area contributed by atoms with Crippen molar-refractivity contribution in [2.45, 2.75) is 26.2 Å². The molecule has 2 aromatic rings. The van der Waals surface area contributed by atoms with Crippen molar-refractivity contribution in [3.05, 3.63) is 29.3 Å². The van der Waals surface area contributed by atoms with Gasteiger partial charge in [0, 0.05) is 25.5 Å². The minimum Gasteiger partial charge on any atom is -0.261 e. The molecule has 1 aliphatic heterocycles. The zero-order valence-electron chi connectivity index (χ0n) is 13.3. The first-order valence-electron chi connectivity index (χ1n) is 7.60. The van der Waals surface area contributed by atoms with Gasteiger partial charge in [-0.1, -0.05) is 0 Å². The molecular weight excluding hydrogens is 332 g/mol. The lowest BCUT2D eigenvalue weighted by Crippen LogP contribution is -2.39. The SMILES string of the molecule is Cc1ncc(-c2cncc(CC3CCCN(S(C)(=O)=O)C3)n2)s1. The van der Waals surface area contributed by atoms with E-state index in [2.05, 4.69) is 15.0 Å². The van der Waals surface area contributed by atoms with Crippen LogP contribution in [-0.4, -0.2) is 47.0 Å². The Hall–Kier alpha value is -1.38. The lowest BCUT2D eigenvalue weighted by atomic mass is 9.95. The van der Waals surface area contributed by atoms with Crippen molar-refractivity contribution in [2.75, 3.05) is 19.3 Å². The molecule has 1 atom stereocenters. The van der Waals surface area contributed by atoms with Crippen LogP contribution in [0, 0.1) is 12.8 Å². The summed E-state index contributed by atoms with van der Waals surface area (Å²) in [6.45, 7) is 3.17.